The van der Waals surface area contributed by atoms with Gasteiger partial charge in [0.25, 0.3) is 5.91 Å². The topological polar surface area (TPSA) is 93.2 Å². The van der Waals surface area contributed by atoms with Gasteiger partial charge in [-0.2, -0.15) is 0 Å². The molecule has 0 saturated heterocycles. The summed E-state index contributed by atoms with van der Waals surface area (Å²) in [5.41, 5.74) is 0. The van der Waals surface area contributed by atoms with E-state index in [4.69, 9.17) is 22.3 Å². The monoisotopic (exact) mass is 638 g/mol. The van der Waals surface area contributed by atoms with Crippen LogP contribution in [0.3, 0.4) is 0 Å². The third-order valence-electron chi connectivity index (χ3n) is 8.63. The molecule has 0 fully saturated rings. The maximum Gasteiger partial charge on any atom is 0.257 e. The van der Waals surface area contributed by atoms with Gasteiger partial charge in [-0.25, -0.2) is 0 Å². The molecular weight excluding hydrogens is 580 g/mol. The smallest absolute Gasteiger partial charge is 0.257 e. The van der Waals surface area contributed by atoms with Crippen LogP contribution in [-0.4, -0.2) is 59.6 Å². The third kappa shape index (κ3) is 12.7. The molecule has 3 amide bonds. The molecule has 0 saturated carbocycles. The molecule has 8 heteroatoms. The molecular formula is C38H58N2O6. The first-order chi connectivity index (χ1) is 22.1. The van der Waals surface area contributed by atoms with E-state index in [0.717, 1.165) is 96.3 Å². The Labute approximate surface area is 278 Å². The van der Waals surface area contributed by atoms with Crippen LogP contribution in [0, 0.1) is 36.5 Å². The van der Waals surface area contributed by atoms with Gasteiger partial charge in [-0.05, 0) is 38.5 Å². The highest BCUT2D eigenvalue weighted by molar-refractivity contribution is 6.04. The van der Waals surface area contributed by atoms with Gasteiger partial charge in [-0.3, -0.25) is 29.0 Å². The molecule has 4 atom stereocenters. The number of carbonyl (C=O) groups excluding carboxylic acids is 4. The number of hydrogen-bond donors (Lipinski definition) is 0. The Kier molecular flexibility index (Phi) is 20.2. The predicted molar refractivity (Wildman–Crippen MR) is 183 cm³/mol. The van der Waals surface area contributed by atoms with Crippen LogP contribution < -0.4 is 0 Å². The number of ketones is 1. The minimum atomic E-state index is -0.392. The van der Waals surface area contributed by atoms with E-state index in [0.29, 0.717) is 18.1 Å². The molecule has 0 N–H and O–H groups in total. The molecule has 0 aromatic rings. The van der Waals surface area contributed by atoms with Gasteiger partial charge in [-0.1, -0.05) is 79.1 Å². The van der Waals surface area contributed by atoms with Crippen molar-refractivity contribution in [3.8, 4) is 24.7 Å². The molecule has 2 heterocycles. The number of rotatable bonds is 20. The summed E-state index contributed by atoms with van der Waals surface area (Å²) in [6.45, 7) is 8.06. The first-order valence-corrected chi connectivity index (χ1v) is 17.2. The second-order valence-corrected chi connectivity index (χ2v) is 12.3. The minimum absolute atomic E-state index is 0.0221. The van der Waals surface area contributed by atoms with Gasteiger partial charge in [0, 0.05) is 36.8 Å². The summed E-state index contributed by atoms with van der Waals surface area (Å²) in [4.78, 5) is 52.9. The number of methoxy groups -OCH3 is 2. The van der Waals surface area contributed by atoms with Crippen LogP contribution >= 0.6 is 0 Å². The van der Waals surface area contributed by atoms with Crippen molar-refractivity contribution in [2.24, 2.45) is 11.8 Å². The van der Waals surface area contributed by atoms with Crippen molar-refractivity contribution < 1.29 is 28.7 Å². The lowest BCUT2D eigenvalue weighted by Gasteiger charge is -2.28. The average Bonchev–Trinajstić information content (AvgIpc) is 3.55. The molecule has 2 aliphatic rings. The molecule has 0 unspecified atom stereocenters. The second-order valence-electron chi connectivity index (χ2n) is 12.3. The molecule has 0 aliphatic carbocycles. The van der Waals surface area contributed by atoms with E-state index in [1.165, 1.54) is 24.2 Å². The van der Waals surface area contributed by atoms with Gasteiger partial charge < -0.3 is 9.47 Å². The van der Waals surface area contributed by atoms with E-state index in [-0.39, 0.29) is 41.4 Å². The van der Waals surface area contributed by atoms with Crippen molar-refractivity contribution in [3.05, 3.63) is 23.8 Å². The number of terminal acetylenes is 2. The fraction of sp³-hybridized carbons (Fsp3) is 0.684. The number of imide groups is 1. The number of nitrogens with zero attached hydrogens (tertiary/aromatic N) is 2. The summed E-state index contributed by atoms with van der Waals surface area (Å²) in [7, 11) is 3.06. The highest BCUT2D eigenvalue weighted by atomic mass is 16.5. The first-order valence-electron chi connectivity index (χ1n) is 17.2. The molecule has 8 nitrogen and oxygen atoms in total. The second kappa shape index (κ2) is 22.9. The Bertz CT molecular complexity index is 1130. The van der Waals surface area contributed by atoms with E-state index in [1.54, 1.807) is 12.0 Å². The first kappa shape index (κ1) is 40.5. The predicted octanol–water partition coefficient (Wildman–Crippen LogP) is 7.33. The largest absolute Gasteiger partial charge is 0.499 e. The Hall–Kier alpha value is -3.52. The summed E-state index contributed by atoms with van der Waals surface area (Å²) in [6.07, 6.45) is 27.8. The van der Waals surface area contributed by atoms with Gasteiger partial charge in [-0.15, -0.1) is 24.7 Å². The number of ether oxygens (including phenoxy) is 2. The molecule has 0 radical (unpaired) electrons. The number of amides is 3. The standard InChI is InChI=1S/2C19H29NO3/c1-5-7-9-11-12-15(3)19(22)20-16(13-10-8-6-2)17(23-4)14-18(20)21;1-5-7-9-11-12-15(3)19(22)20-16(13-10-8-6-2)17(21)14-18(20)23-4/h2*1,14-16H,6-13H2,2-4H3/t15-,16-;15-,16+/m11/s1. The van der Waals surface area contributed by atoms with Crippen molar-refractivity contribution in [3.63, 3.8) is 0 Å². The molecule has 46 heavy (non-hydrogen) atoms. The lowest BCUT2D eigenvalue weighted by molar-refractivity contribution is -0.146. The average molecular weight is 639 g/mol. The van der Waals surface area contributed by atoms with Gasteiger partial charge >= 0.3 is 0 Å². The maximum absolute atomic E-state index is 12.8. The van der Waals surface area contributed by atoms with Crippen LogP contribution in [0.1, 0.15) is 130 Å². The molecule has 0 bridgehead atoms. The molecule has 2 rings (SSSR count). The molecule has 256 valence electrons. The fourth-order valence-electron chi connectivity index (χ4n) is 5.81. The Morgan fingerprint density at radius 3 is 1.70 bits per heavy atom. The van der Waals surface area contributed by atoms with Gasteiger partial charge in [0.2, 0.25) is 11.8 Å². The summed E-state index contributed by atoms with van der Waals surface area (Å²) in [5, 5.41) is 0. The van der Waals surface area contributed by atoms with E-state index in [2.05, 4.69) is 25.7 Å². The van der Waals surface area contributed by atoms with E-state index in [9.17, 15) is 19.2 Å². The molecule has 0 aromatic carbocycles. The third-order valence-corrected chi connectivity index (χ3v) is 8.63. The normalized spacial score (nSPS) is 18.5. The zero-order valence-corrected chi connectivity index (χ0v) is 29.3. The Balaban J connectivity index is 0.000000460. The van der Waals surface area contributed by atoms with Crippen molar-refractivity contribution >= 4 is 23.5 Å². The number of unbranched alkanes of at least 4 members (excludes halogenated alkanes) is 8. The van der Waals surface area contributed by atoms with Crippen LogP contribution in [0.5, 0.6) is 0 Å². The van der Waals surface area contributed by atoms with Crippen LogP contribution in [-0.2, 0) is 28.7 Å². The fourth-order valence-corrected chi connectivity index (χ4v) is 5.81. The van der Waals surface area contributed by atoms with E-state index >= 15 is 0 Å². The van der Waals surface area contributed by atoms with Gasteiger partial charge in [0.1, 0.15) is 11.8 Å². The summed E-state index contributed by atoms with van der Waals surface area (Å²) >= 11 is 0. The van der Waals surface area contributed by atoms with Crippen LogP contribution in [0.4, 0.5) is 0 Å². The lowest BCUT2D eigenvalue weighted by Crippen LogP contribution is -2.43. The van der Waals surface area contributed by atoms with Crippen molar-refractivity contribution in [1.29, 1.82) is 0 Å². The number of carbonyl (C=O) groups is 4. The SMILES string of the molecule is C#CCCCC[C@@H](C)C(=O)N1C(=O)C=C(OC)[C@H]1CCCCC.C#CCCCC[C@@H](C)C(=O)N1C(OC)=CC(=O)[C@@H]1CCCCC. The van der Waals surface area contributed by atoms with Gasteiger partial charge in [0.05, 0.1) is 20.3 Å². The van der Waals surface area contributed by atoms with Crippen LogP contribution in [0.25, 0.3) is 0 Å². The quantitative estimate of drug-likeness (QED) is 0.102. The molecule has 0 spiro atoms. The zero-order chi connectivity index (χ0) is 34.5. The maximum atomic E-state index is 12.8. The zero-order valence-electron chi connectivity index (χ0n) is 29.3. The Morgan fingerprint density at radius 1 is 0.739 bits per heavy atom. The van der Waals surface area contributed by atoms with E-state index < -0.39 is 6.04 Å². The highest BCUT2D eigenvalue weighted by Gasteiger charge is 2.40. The minimum Gasteiger partial charge on any atom is -0.499 e. The van der Waals surface area contributed by atoms with Crippen molar-refractivity contribution in [2.45, 2.75) is 143 Å². The van der Waals surface area contributed by atoms with Crippen LogP contribution in [0.15, 0.2) is 23.8 Å². The van der Waals surface area contributed by atoms with Crippen molar-refractivity contribution in [2.75, 3.05) is 14.2 Å². The van der Waals surface area contributed by atoms with Crippen LogP contribution in [0.2, 0.25) is 0 Å². The molecule has 0 aromatic heterocycles. The molecule has 2 aliphatic heterocycles. The number of hydrogen-bond acceptors (Lipinski definition) is 6. The van der Waals surface area contributed by atoms with Crippen molar-refractivity contribution in [1.82, 2.24) is 9.80 Å². The summed E-state index contributed by atoms with van der Waals surface area (Å²) in [6, 6.07) is -0.628. The van der Waals surface area contributed by atoms with Gasteiger partial charge in [0.15, 0.2) is 11.7 Å². The van der Waals surface area contributed by atoms with E-state index in [1.807, 2.05) is 13.8 Å². The lowest BCUT2D eigenvalue weighted by atomic mass is 9.99. The highest BCUT2D eigenvalue weighted by Crippen LogP contribution is 2.29. The Morgan fingerprint density at radius 2 is 1.24 bits per heavy atom. The summed E-state index contributed by atoms with van der Waals surface area (Å²) in [5.74, 6) is 5.53. The summed E-state index contributed by atoms with van der Waals surface area (Å²) < 4.78 is 10.6.